The first-order valence-corrected chi connectivity index (χ1v) is 6.66. The van der Waals surface area contributed by atoms with Gasteiger partial charge in [-0.25, -0.2) is 9.59 Å². The molecule has 0 aromatic heterocycles. The smallest absolute Gasteiger partial charge is 0.337 e. The Kier molecular flexibility index (Phi) is 4.95. The summed E-state index contributed by atoms with van der Waals surface area (Å²) in [4.78, 5) is 23.5. The molecule has 0 unspecified atom stereocenters. The van der Waals surface area contributed by atoms with Gasteiger partial charge in [0, 0.05) is 11.4 Å². The Labute approximate surface area is 133 Å². The van der Waals surface area contributed by atoms with Crippen molar-refractivity contribution < 1.29 is 19.1 Å². The monoisotopic (exact) mass is 310 g/mol. The molecule has 6 heteroatoms. The predicted octanol–water partition coefficient (Wildman–Crippen LogP) is 2.88. The molecule has 1 N–H and O–H groups in total. The summed E-state index contributed by atoms with van der Waals surface area (Å²) in [6.45, 7) is 0. The molecule has 6 nitrogen and oxygen atoms in total. The van der Waals surface area contributed by atoms with Crippen molar-refractivity contribution in [2.24, 2.45) is 0 Å². The van der Waals surface area contributed by atoms with Gasteiger partial charge in [-0.05, 0) is 42.5 Å². The maximum Gasteiger partial charge on any atom is 0.337 e. The maximum atomic E-state index is 11.7. The van der Waals surface area contributed by atoms with Gasteiger partial charge in [-0.2, -0.15) is 5.26 Å². The number of anilines is 2. The van der Waals surface area contributed by atoms with E-state index in [1.54, 1.807) is 36.4 Å². The molecule has 0 aliphatic rings. The number of rotatable bonds is 4. The number of ether oxygens (including phenoxy) is 2. The molecule has 2 aromatic carbocycles. The maximum absolute atomic E-state index is 11.7. The van der Waals surface area contributed by atoms with Crippen LogP contribution in [0, 0.1) is 11.3 Å². The summed E-state index contributed by atoms with van der Waals surface area (Å²) in [6, 6.07) is 13.3. The lowest BCUT2D eigenvalue weighted by molar-refractivity contribution is 0.0599. The second-order valence-electron chi connectivity index (χ2n) is 4.60. The van der Waals surface area contributed by atoms with Crippen molar-refractivity contribution in [2.75, 3.05) is 19.5 Å². The average Bonchev–Trinajstić information content (AvgIpc) is 2.60. The van der Waals surface area contributed by atoms with Crippen molar-refractivity contribution in [3.8, 4) is 6.07 Å². The van der Waals surface area contributed by atoms with Gasteiger partial charge in [0.25, 0.3) is 0 Å². The topological polar surface area (TPSA) is 88.4 Å². The van der Waals surface area contributed by atoms with Crippen LogP contribution in [0.15, 0.2) is 42.5 Å². The number of nitrogens with one attached hydrogen (secondary N) is 1. The molecule has 116 valence electrons. The van der Waals surface area contributed by atoms with Crippen LogP contribution < -0.4 is 5.32 Å². The summed E-state index contributed by atoms with van der Waals surface area (Å²) in [5.41, 5.74) is 2.23. The lowest BCUT2D eigenvalue weighted by Gasteiger charge is -2.10. The van der Waals surface area contributed by atoms with Gasteiger partial charge in [0.2, 0.25) is 0 Å². The van der Waals surface area contributed by atoms with Gasteiger partial charge in [0.15, 0.2) is 0 Å². The zero-order chi connectivity index (χ0) is 16.8. The van der Waals surface area contributed by atoms with Crippen LogP contribution in [0.2, 0.25) is 0 Å². The minimum absolute atomic E-state index is 0.228. The summed E-state index contributed by atoms with van der Waals surface area (Å²) in [5, 5.41) is 11.9. The van der Waals surface area contributed by atoms with Gasteiger partial charge in [0.05, 0.1) is 37.0 Å². The lowest BCUT2D eigenvalue weighted by atomic mass is 10.1. The van der Waals surface area contributed by atoms with Crippen molar-refractivity contribution in [3.05, 3.63) is 59.2 Å². The Hall–Kier alpha value is -3.33. The van der Waals surface area contributed by atoms with Crippen molar-refractivity contribution in [1.82, 2.24) is 0 Å². The first-order valence-electron chi connectivity index (χ1n) is 6.66. The molecule has 0 fully saturated rings. The molecule has 23 heavy (non-hydrogen) atoms. The van der Waals surface area contributed by atoms with E-state index < -0.39 is 11.9 Å². The highest BCUT2D eigenvalue weighted by Crippen LogP contribution is 2.21. The van der Waals surface area contributed by atoms with Gasteiger partial charge < -0.3 is 14.8 Å². The number of hydrogen-bond donors (Lipinski definition) is 1. The van der Waals surface area contributed by atoms with E-state index in [0.717, 1.165) is 0 Å². The molecule has 0 bridgehead atoms. The summed E-state index contributed by atoms with van der Waals surface area (Å²) in [6.07, 6.45) is 0. The number of nitriles is 1. The number of benzene rings is 2. The average molecular weight is 310 g/mol. The lowest BCUT2D eigenvalue weighted by Crippen LogP contribution is -2.07. The van der Waals surface area contributed by atoms with E-state index in [-0.39, 0.29) is 11.1 Å². The molecule has 0 spiro atoms. The molecular weight excluding hydrogens is 296 g/mol. The molecule has 0 heterocycles. The highest BCUT2D eigenvalue weighted by molar-refractivity contribution is 5.97. The molecule has 0 saturated heterocycles. The molecule has 0 aliphatic carbocycles. The fourth-order valence-electron chi connectivity index (χ4n) is 1.97. The number of carbonyl (C=O) groups is 2. The second-order valence-corrected chi connectivity index (χ2v) is 4.60. The Morgan fingerprint density at radius 3 is 1.87 bits per heavy atom. The highest BCUT2D eigenvalue weighted by atomic mass is 16.5. The van der Waals surface area contributed by atoms with Gasteiger partial charge in [-0.3, -0.25) is 0 Å². The first-order chi connectivity index (χ1) is 11.1. The number of carbonyl (C=O) groups excluding carboxylic acids is 2. The third kappa shape index (κ3) is 3.86. The van der Waals surface area contributed by atoms with Crippen LogP contribution in [-0.4, -0.2) is 26.2 Å². The number of methoxy groups -OCH3 is 2. The van der Waals surface area contributed by atoms with E-state index in [0.29, 0.717) is 16.9 Å². The van der Waals surface area contributed by atoms with Gasteiger partial charge in [-0.1, -0.05) is 0 Å². The normalized spacial score (nSPS) is 9.61. The molecular formula is C17H14N2O4. The van der Waals surface area contributed by atoms with E-state index in [2.05, 4.69) is 14.8 Å². The minimum Gasteiger partial charge on any atom is -0.465 e. The van der Waals surface area contributed by atoms with E-state index in [4.69, 9.17) is 5.26 Å². The van der Waals surface area contributed by atoms with Crippen LogP contribution in [0.25, 0.3) is 0 Å². The molecule has 2 aromatic rings. The zero-order valence-corrected chi connectivity index (χ0v) is 12.6. The van der Waals surface area contributed by atoms with Gasteiger partial charge in [-0.15, -0.1) is 0 Å². The van der Waals surface area contributed by atoms with E-state index >= 15 is 0 Å². The van der Waals surface area contributed by atoms with Crippen molar-refractivity contribution >= 4 is 23.3 Å². The van der Waals surface area contributed by atoms with E-state index in [9.17, 15) is 9.59 Å². The molecule has 0 radical (unpaired) electrons. The summed E-state index contributed by atoms with van der Waals surface area (Å²) < 4.78 is 9.37. The highest BCUT2D eigenvalue weighted by Gasteiger charge is 2.13. The van der Waals surface area contributed by atoms with Crippen LogP contribution >= 0.6 is 0 Å². The third-order valence-corrected chi connectivity index (χ3v) is 3.08. The Morgan fingerprint density at radius 2 is 1.43 bits per heavy atom. The first kappa shape index (κ1) is 16.0. The Bertz CT molecular complexity index is 742. The molecule has 2 rings (SSSR count). The number of esters is 2. The predicted molar refractivity (Wildman–Crippen MR) is 83.6 cm³/mol. The summed E-state index contributed by atoms with van der Waals surface area (Å²) in [5.74, 6) is -1.11. The molecule has 0 saturated carbocycles. The van der Waals surface area contributed by atoms with Crippen LogP contribution in [0.4, 0.5) is 11.4 Å². The third-order valence-electron chi connectivity index (χ3n) is 3.08. The molecule has 0 atom stereocenters. The molecule has 0 amide bonds. The Balaban J connectivity index is 2.37. The van der Waals surface area contributed by atoms with Gasteiger partial charge >= 0.3 is 11.9 Å². The van der Waals surface area contributed by atoms with Crippen LogP contribution in [0.1, 0.15) is 26.3 Å². The second kappa shape index (κ2) is 7.09. The zero-order valence-electron chi connectivity index (χ0n) is 12.6. The van der Waals surface area contributed by atoms with E-state index in [1.165, 1.54) is 20.3 Å². The van der Waals surface area contributed by atoms with Gasteiger partial charge in [0.1, 0.15) is 0 Å². The number of hydrogen-bond acceptors (Lipinski definition) is 6. The summed E-state index contributed by atoms with van der Waals surface area (Å²) >= 11 is 0. The Morgan fingerprint density at radius 1 is 0.913 bits per heavy atom. The SMILES string of the molecule is COC(=O)c1cc(Nc2ccc(C#N)cc2)cc(C(=O)OC)c1. The number of nitrogens with zero attached hydrogens (tertiary/aromatic N) is 1. The summed E-state index contributed by atoms with van der Waals surface area (Å²) in [7, 11) is 2.53. The standard InChI is InChI=1S/C17H14N2O4/c1-22-16(20)12-7-13(17(21)23-2)9-15(8-12)19-14-5-3-11(10-18)4-6-14/h3-9,19H,1-2H3. The van der Waals surface area contributed by atoms with Crippen LogP contribution in [-0.2, 0) is 9.47 Å². The fourth-order valence-corrected chi connectivity index (χ4v) is 1.97. The van der Waals surface area contributed by atoms with Crippen LogP contribution in [0.5, 0.6) is 0 Å². The quantitative estimate of drug-likeness (QED) is 0.874. The van der Waals surface area contributed by atoms with E-state index in [1.807, 2.05) is 6.07 Å². The fraction of sp³-hybridized carbons (Fsp3) is 0.118. The van der Waals surface area contributed by atoms with Crippen molar-refractivity contribution in [1.29, 1.82) is 5.26 Å². The largest absolute Gasteiger partial charge is 0.465 e. The molecule has 0 aliphatic heterocycles. The minimum atomic E-state index is -0.557. The van der Waals surface area contributed by atoms with Crippen molar-refractivity contribution in [2.45, 2.75) is 0 Å². The van der Waals surface area contributed by atoms with Crippen LogP contribution in [0.3, 0.4) is 0 Å². The van der Waals surface area contributed by atoms with Crippen molar-refractivity contribution in [3.63, 3.8) is 0 Å².